The standard InChI is InChI=1S/C19H15F3N2O3S2/c20-19(21,22)13-8-4-1-5-10(13)9-14-17(27)24(18(28)29-14)23-15(25)11-6-2-3-7-12(11)16(23)26/h1,4-5,8-9,11-12H,2-3,6-7H2/b14-9+. The van der Waals surface area contributed by atoms with Gasteiger partial charge in [0, 0.05) is 0 Å². The van der Waals surface area contributed by atoms with Crippen molar-refractivity contribution in [3.05, 3.63) is 40.3 Å². The van der Waals surface area contributed by atoms with E-state index >= 15 is 0 Å². The number of hydrazine groups is 1. The Balaban J connectivity index is 1.66. The van der Waals surface area contributed by atoms with Crippen LogP contribution >= 0.6 is 24.0 Å². The quantitative estimate of drug-likeness (QED) is 0.395. The number of imide groups is 1. The molecular weight excluding hydrogens is 425 g/mol. The van der Waals surface area contributed by atoms with E-state index in [0.717, 1.165) is 46.8 Å². The van der Waals surface area contributed by atoms with Crippen LogP contribution in [-0.2, 0) is 20.6 Å². The lowest BCUT2D eigenvalue weighted by Crippen LogP contribution is -2.49. The number of hydrogen-bond acceptors (Lipinski definition) is 5. The predicted octanol–water partition coefficient (Wildman–Crippen LogP) is 4.00. The molecule has 2 aliphatic heterocycles. The number of carbonyl (C=O) groups excluding carboxylic acids is 3. The summed E-state index contributed by atoms with van der Waals surface area (Å²) in [6.07, 6.45) is -0.664. The van der Waals surface area contributed by atoms with Crippen molar-refractivity contribution in [3.63, 3.8) is 0 Å². The first kappa shape index (κ1) is 20.1. The van der Waals surface area contributed by atoms with Crippen LogP contribution in [0.2, 0.25) is 0 Å². The van der Waals surface area contributed by atoms with Gasteiger partial charge in [-0.3, -0.25) is 14.4 Å². The van der Waals surface area contributed by atoms with Gasteiger partial charge in [-0.05, 0) is 42.8 Å². The van der Waals surface area contributed by atoms with Crippen molar-refractivity contribution in [1.82, 2.24) is 10.0 Å². The van der Waals surface area contributed by atoms with Gasteiger partial charge >= 0.3 is 6.18 Å². The van der Waals surface area contributed by atoms with E-state index in [2.05, 4.69) is 0 Å². The summed E-state index contributed by atoms with van der Waals surface area (Å²) in [6.45, 7) is 0. The second kappa shape index (κ2) is 7.24. The molecule has 3 fully saturated rings. The van der Waals surface area contributed by atoms with Crippen LogP contribution in [-0.4, -0.2) is 32.1 Å². The minimum Gasteiger partial charge on any atom is -0.272 e. The number of amides is 3. The zero-order chi connectivity index (χ0) is 20.9. The zero-order valence-corrected chi connectivity index (χ0v) is 16.6. The van der Waals surface area contributed by atoms with Crippen LogP contribution in [0, 0.1) is 11.8 Å². The number of rotatable bonds is 2. The first-order chi connectivity index (χ1) is 13.7. The molecular formula is C19H15F3N2O3S2. The molecule has 0 radical (unpaired) electrons. The fraction of sp³-hybridized carbons (Fsp3) is 0.368. The maximum Gasteiger partial charge on any atom is 0.416 e. The van der Waals surface area contributed by atoms with Crippen molar-refractivity contribution in [2.24, 2.45) is 11.8 Å². The lowest BCUT2D eigenvalue weighted by atomic mass is 9.81. The van der Waals surface area contributed by atoms with Crippen LogP contribution < -0.4 is 0 Å². The molecule has 5 nitrogen and oxygen atoms in total. The molecule has 0 spiro atoms. The minimum atomic E-state index is -4.59. The van der Waals surface area contributed by atoms with E-state index in [1.54, 1.807) is 0 Å². The van der Waals surface area contributed by atoms with E-state index in [1.165, 1.54) is 18.2 Å². The molecule has 0 bridgehead atoms. The highest BCUT2D eigenvalue weighted by Crippen LogP contribution is 2.43. The van der Waals surface area contributed by atoms with E-state index < -0.39 is 41.3 Å². The van der Waals surface area contributed by atoms with Gasteiger partial charge in [0.1, 0.15) is 0 Å². The van der Waals surface area contributed by atoms with Gasteiger partial charge in [0.05, 0.1) is 22.3 Å². The summed E-state index contributed by atoms with van der Waals surface area (Å²) in [5, 5.41) is 1.64. The Morgan fingerprint density at radius 2 is 1.59 bits per heavy atom. The SMILES string of the molecule is O=C1/C(=C\c2ccccc2C(F)(F)F)SC(=S)N1N1C(=O)C2CCCCC2C1=O. The lowest BCUT2D eigenvalue weighted by molar-refractivity contribution is -0.158. The van der Waals surface area contributed by atoms with Gasteiger partial charge < -0.3 is 0 Å². The maximum atomic E-state index is 13.2. The summed E-state index contributed by atoms with van der Waals surface area (Å²) < 4.78 is 39.7. The third-order valence-electron chi connectivity index (χ3n) is 5.34. The lowest BCUT2D eigenvalue weighted by Gasteiger charge is -2.24. The van der Waals surface area contributed by atoms with Crippen LogP contribution in [0.3, 0.4) is 0 Å². The number of alkyl halides is 3. The Kier molecular flexibility index (Phi) is 5.02. The molecule has 1 aliphatic carbocycles. The normalized spacial score (nSPS) is 26.7. The molecule has 2 heterocycles. The number of hydrogen-bond donors (Lipinski definition) is 0. The number of halogens is 3. The fourth-order valence-electron chi connectivity index (χ4n) is 4.00. The second-order valence-electron chi connectivity index (χ2n) is 7.06. The highest BCUT2D eigenvalue weighted by Gasteiger charge is 2.54. The molecule has 2 unspecified atom stereocenters. The molecule has 152 valence electrons. The number of thiocarbonyl (C=S) groups is 1. The van der Waals surface area contributed by atoms with E-state index in [9.17, 15) is 27.6 Å². The van der Waals surface area contributed by atoms with E-state index in [-0.39, 0.29) is 14.8 Å². The summed E-state index contributed by atoms with van der Waals surface area (Å²) in [5.41, 5.74) is -1.07. The highest BCUT2D eigenvalue weighted by molar-refractivity contribution is 8.26. The predicted molar refractivity (Wildman–Crippen MR) is 104 cm³/mol. The van der Waals surface area contributed by atoms with Crippen LogP contribution in [0.4, 0.5) is 13.2 Å². The van der Waals surface area contributed by atoms with Gasteiger partial charge in [0.2, 0.25) is 0 Å². The Morgan fingerprint density at radius 3 is 2.17 bits per heavy atom. The molecule has 10 heteroatoms. The van der Waals surface area contributed by atoms with Crippen molar-refractivity contribution in [2.45, 2.75) is 31.9 Å². The van der Waals surface area contributed by atoms with Gasteiger partial charge in [-0.1, -0.05) is 42.8 Å². The van der Waals surface area contributed by atoms with Gasteiger partial charge in [-0.15, -0.1) is 0 Å². The van der Waals surface area contributed by atoms with Crippen molar-refractivity contribution in [2.75, 3.05) is 0 Å². The van der Waals surface area contributed by atoms with Crippen LogP contribution in [0.25, 0.3) is 6.08 Å². The smallest absolute Gasteiger partial charge is 0.272 e. The summed E-state index contributed by atoms with van der Waals surface area (Å²) in [7, 11) is 0. The van der Waals surface area contributed by atoms with Crippen LogP contribution in [0.15, 0.2) is 29.2 Å². The molecule has 3 aliphatic rings. The van der Waals surface area contributed by atoms with Crippen LogP contribution in [0.5, 0.6) is 0 Å². The number of thioether (sulfide) groups is 1. The molecule has 2 saturated heterocycles. The fourth-order valence-corrected chi connectivity index (χ4v) is 5.23. The summed E-state index contributed by atoms with van der Waals surface area (Å²) in [4.78, 5) is 38.3. The third kappa shape index (κ3) is 3.38. The van der Waals surface area contributed by atoms with E-state index in [0.29, 0.717) is 12.8 Å². The Hall–Kier alpha value is -2.20. The van der Waals surface area contributed by atoms with Gasteiger partial charge in [0.25, 0.3) is 17.7 Å². The maximum absolute atomic E-state index is 13.2. The average Bonchev–Trinajstić information content (AvgIpc) is 3.08. The Bertz CT molecular complexity index is 936. The van der Waals surface area contributed by atoms with E-state index in [4.69, 9.17) is 12.2 Å². The first-order valence-electron chi connectivity index (χ1n) is 9.02. The molecule has 3 amide bonds. The second-order valence-corrected chi connectivity index (χ2v) is 8.74. The van der Waals surface area contributed by atoms with Gasteiger partial charge in [-0.25, -0.2) is 0 Å². The Morgan fingerprint density at radius 1 is 1.00 bits per heavy atom. The molecule has 4 rings (SSSR count). The summed E-state index contributed by atoms with van der Waals surface area (Å²) >= 11 is 5.96. The topological polar surface area (TPSA) is 57.7 Å². The number of nitrogens with zero attached hydrogens (tertiary/aromatic N) is 2. The van der Waals surface area contributed by atoms with Crippen molar-refractivity contribution in [1.29, 1.82) is 0 Å². The summed E-state index contributed by atoms with van der Waals surface area (Å²) in [5.74, 6) is -2.62. The summed E-state index contributed by atoms with van der Waals surface area (Å²) in [6, 6.07) is 4.86. The van der Waals surface area contributed by atoms with Crippen LogP contribution in [0.1, 0.15) is 36.8 Å². The third-order valence-corrected chi connectivity index (χ3v) is 6.63. The molecule has 0 N–H and O–H groups in total. The molecule has 1 saturated carbocycles. The Labute approximate surface area is 173 Å². The van der Waals surface area contributed by atoms with Crippen molar-refractivity contribution >= 4 is 52.1 Å². The zero-order valence-electron chi connectivity index (χ0n) is 14.9. The number of fused-ring (bicyclic) bond motifs is 1. The number of carbonyl (C=O) groups is 3. The monoisotopic (exact) mass is 440 g/mol. The van der Waals surface area contributed by atoms with Gasteiger partial charge in [0.15, 0.2) is 4.32 Å². The van der Waals surface area contributed by atoms with Crippen molar-refractivity contribution in [3.8, 4) is 0 Å². The molecule has 29 heavy (non-hydrogen) atoms. The first-order valence-corrected chi connectivity index (χ1v) is 10.2. The highest BCUT2D eigenvalue weighted by atomic mass is 32.2. The minimum absolute atomic E-state index is 0.0499. The number of benzene rings is 1. The molecule has 1 aromatic rings. The molecule has 1 aromatic carbocycles. The van der Waals surface area contributed by atoms with E-state index in [1.807, 2.05) is 0 Å². The average molecular weight is 440 g/mol. The molecule has 2 atom stereocenters. The molecule has 0 aromatic heterocycles. The van der Waals surface area contributed by atoms with Crippen molar-refractivity contribution < 1.29 is 27.6 Å². The van der Waals surface area contributed by atoms with Gasteiger partial charge in [-0.2, -0.15) is 23.2 Å². The largest absolute Gasteiger partial charge is 0.416 e.